The largest absolute Gasteiger partial charge is 0.379 e. The summed E-state index contributed by atoms with van der Waals surface area (Å²) in [6.45, 7) is 8.87. The lowest BCUT2D eigenvalue weighted by Crippen LogP contribution is -2.64. The molecule has 0 bridgehead atoms. The van der Waals surface area contributed by atoms with Gasteiger partial charge in [-0.3, -0.25) is 15.0 Å². The van der Waals surface area contributed by atoms with Crippen molar-refractivity contribution in [2.75, 3.05) is 46.4 Å². The third-order valence-corrected chi connectivity index (χ3v) is 4.48. The molecule has 128 valence electrons. The molecule has 0 aromatic rings. The summed E-state index contributed by atoms with van der Waals surface area (Å²) in [5, 5.41) is 2.43. The third-order valence-electron chi connectivity index (χ3n) is 4.48. The molecule has 2 fully saturated rings. The van der Waals surface area contributed by atoms with Crippen molar-refractivity contribution in [3.05, 3.63) is 0 Å². The molecule has 2 atom stereocenters. The second-order valence-corrected chi connectivity index (χ2v) is 6.74. The lowest BCUT2D eigenvalue weighted by Gasteiger charge is -2.37. The minimum Gasteiger partial charge on any atom is -0.379 e. The van der Waals surface area contributed by atoms with E-state index in [1.807, 2.05) is 0 Å². The first-order chi connectivity index (χ1) is 11.0. The second kappa shape index (κ2) is 6.45. The number of imide groups is 1. The third kappa shape index (κ3) is 3.18. The predicted octanol–water partition coefficient (Wildman–Crippen LogP) is -0.435. The van der Waals surface area contributed by atoms with Crippen LogP contribution in [0.2, 0.25) is 0 Å². The van der Waals surface area contributed by atoms with Gasteiger partial charge in [-0.05, 0) is 5.92 Å². The molecule has 8 nitrogen and oxygen atoms in total. The summed E-state index contributed by atoms with van der Waals surface area (Å²) in [6.07, 6.45) is -0.425. The van der Waals surface area contributed by atoms with Crippen LogP contribution in [0.1, 0.15) is 13.8 Å². The Balaban J connectivity index is 1.82. The summed E-state index contributed by atoms with van der Waals surface area (Å²) in [4.78, 5) is 34.8. The van der Waals surface area contributed by atoms with E-state index in [0.29, 0.717) is 12.5 Å². The van der Waals surface area contributed by atoms with Crippen molar-refractivity contribution in [2.45, 2.75) is 26.1 Å². The van der Waals surface area contributed by atoms with E-state index in [2.05, 4.69) is 29.0 Å². The number of carbonyl (C=O) groups excluding carboxylic acids is 2. The van der Waals surface area contributed by atoms with Crippen LogP contribution in [0.4, 0.5) is 4.79 Å². The number of aliphatic imine (C=N–C) groups is 1. The zero-order valence-corrected chi connectivity index (χ0v) is 14.0. The van der Waals surface area contributed by atoms with E-state index in [1.165, 1.54) is 4.90 Å². The predicted molar refractivity (Wildman–Crippen MR) is 85.1 cm³/mol. The van der Waals surface area contributed by atoms with Crippen LogP contribution >= 0.6 is 0 Å². The van der Waals surface area contributed by atoms with Crippen LogP contribution in [0.15, 0.2) is 4.99 Å². The van der Waals surface area contributed by atoms with Crippen LogP contribution in [0.5, 0.6) is 0 Å². The number of fused-ring (bicyclic) bond motifs is 1. The van der Waals surface area contributed by atoms with Crippen LogP contribution in [0.25, 0.3) is 0 Å². The number of hydrogen-bond donors (Lipinski definition) is 1. The Labute approximate surface area is 136 Å². The average Bonchev–Trinajstić information content (AvgIpc) is 2.84. The van der Waals surface area contributed by atoms with Crippen molar-refractivity contribution in [2.24, 2.45) is 10.9 Å². The number of morpholine rings is 1. The first-order valence-corrected chi connectivity index (χ1v) is 8.18. The molecule has 0 spiro atoms. The minimum absolute atomic E-state index is 0.250. The lowest BCUT2D eigenvalue weighted by atomic mass is 10.1. The highest BCUT2D eigenvalue weighted by molar-refractivity contribution is 6.04. The molecule has 3 aliphatic rings. The van der Waals surface area contributed by atoms with Gasteiger partial charge in [0.1, 0.15) is 5.84 Å². The highest BCUT2D eigenvalue weighted by Gasteiger charge is 2.48. The standard InChI is InChI=1S/C15H25N5O3/c1-10(2)8-20-11(9-19-4-6-23-7-5-19)16-13-12(20)14(21)17-15(22)18(13)3/h10,12-13H,4-9H2,1-3H3,(H,17,21,22). The summed E-state index contributed by atoms with van der Waals surface area (Å²) in [5.74, 6) is 1.05. The van der Waals surface area contributed by atoms with Gasteiger partial charge in [-0.1, -0.05) is 13.8 Å². The van der Waals surface area contributed by atoms with Gasteiger partial charge in [0, 0.05) is 26.7 Å². The average molecular weight is 323 g/mol. The SMILES string of the molecule is CC(C)CN1C(CN2CCOCC2)=NC2C1C(=O)NC(=O)N2C. The Morgan fingerprint density at radius 3 is 2.65 bits per heavy atom. The quantitative estimate of drug-likeness (QED) is 0.759. The first kappa shape index (κ1) is 16.2. The van der Waals surface area contributed by atoms with Gasteiger partial charge < -0.3 is 14.5 Å². The van der Waals surface area contributed by atoms with Crippen molar-refractivity contribution >= 4 is 17.8 Å². The molecular formula is C15H25N5O3. The number of nitrogens with one attached hydrogen (secondary N) is 1. The smallest absolute Gasteiger partial charge is 0.325 e. The zero-order chi connectivity index (χ0) is 16.6. The van der Waals surface area contributed by atoms with Crippen molar-refractivity contribution in [3.8, 4) is 0 Å². The molecule has 2 saturated heterocycles. The van der Waals surface area contributed by atoms with Crippen molar-refractivity contribution < 1.29 is 14.3 Å². The second-order valence-electron chi connectivity index (χ2n) is 6.74. The molecule has 0 aliphatic carbocycles. The number of carbonyl (C=O) groups is 2. The Morgan fingerprint density at radius 1 is 1.30 bits per heavy atom. The number of likely N-dealkylation sites (N-methyl/N-ethyl adjacent to an activating group) is 1. The molecule has 3 rings (SSSR count). The molecule has 23 heavy (non-hydrogen) atoms. The van der Waals surface area contributed by atoms with Crippen molar-refractivity contribution in [1.82, 2.24) is 20.0 Å². The minimum atomic E-state index is -0.425. The van der Waals surface area contributed by atoms with Gasteiger partial charge in [-0.15, -0.1) is 0 Å². The maximum absolute atomic E-state index is 12.4. The van der Waals surface area contributed by atoms with Gasteiger partial charge >= 0.3 is 6.03 Å². The van der Waals surface area contributed by atoms with Gasteiger partial charge in [0.2, 0.25) is 0 Å². The van der Waals surface area contributed by atoms with Crippen LogP contribution < -0.4 is 5.32 Å². The van der Waals surface area contributed by atoms with E-state index in [4.69, 9.17) is 9.73 Å². The number of rotatable bonds is 4. The molecule has 3 amide bonds. The molecule has 3 heterocycles. The molecular weight excluding hydrogens is 298 g/mol. The van der Waals surface area contributed by atoms with Gasteiger partial charge in [0.15, 0.2) is 12.2 Å². The maximum Gasteiger partial charge on any atom is 0.325 e. The van der Waals surface area contributed by atoms with Crippen LogP contribution in [0.3, 0.4) is 0 Å². The van der Waals surface area contributed by atoms with E-state index < -0.39 is 12.2 Å². The number of hydrogen-bond acceptors (Lipinski definition) is 6. The Bertz CT molecular complexity index is 515. The molecule has 0 aromatic heterocycles. The fourth-order valence-electron chi connectivity index (χ4n) is 3.29. The molecule has 8 heteroatoms. The Hall–Kier alpha value is -1.67. The molecule has 0 aromatic carbocycles. The molecule has 3 aliphatic heterocycles. The van der Waals surface area contributed by atoms with Gasteiger partial charge in [0.05, 0.1) is 19.8 Å². The molecule has 0 saturated carbocycles. The number of amides is 3. The summed E-state index contributed by atoms with van der Waals surface area (Å²) in [6, 6.07) is -0.798. The molecule has 0 radical (unpaired) electrons. The summed E-state index contributed by atoms with van der Waals surface area (Å²) < 4.78 is 5.39. The van der Waals surface area contributed by atoms with Crippen LogP contribution in [-0.4, -0.2) is 91.1 Å². The first-order valence-electron chi connectivity index (χ1n) is 8.18. The van der Waals surface area contributed by atoms with E-state index >= 15 is 0 Å². The fourth-order valence-corrected chi connectivity index (χ4v) is 3.29. The molecule has 2 unspecified atom stereocenters. The number of urea groups is 1. The van der Waals surface area contributed by atoms with E-state index in [1.54, 1.807) is 7.05 Å². The van der Waals surface area contributed by atoms with E-state index in [-0.39, 0.29) is 11.9 Å². The van der Waals surface area contributed by atoms with Gasteiger partial charge in [0.25, 0.3) is 5.91 Å². The Kier molecular flexibility index (Phi) is 4.54. The molecule has 1 N–H and O–H groups in total. The normalized spacial score (nSPS) is 29.0. The number of ether oxygens (including phenoxy) is 1. The summed E-state index contributed by atoms with van der Waals surface area (Å²) in [7, 11) is 1.69. The number of amidine groups is 1. The van der Waals surface area contributed by atoms with Gasteiger partial charge in [-0.2, -0.15) is 0 Å². The lowest BCUT2D eigenvalue weighted by molar-refractivity contribution is -0.127. The van der Waals surface area contributed by atoms with Crippen molar-refractivity contribution in [1.29, 1.82) is 0 Å². The monoisotopic (exact) mass is 323 g/mol. The Morgan fingerprint density at radius 2 is 2.00 bits per heavy atom. The van der Waals surface area contributed by atoms with Crippen LogP contribution in [-0.2, 0) is 9.53 Å². The highest BCUT2D eigenvalue weighted by atomic mass is 16.5. The zero-order valence-electron chi connectivity index (χ0n) is 14.0. The topological polar surface area (TPSA) is 77.5 Å². The van der Waals surface area contributed by atoms with E-state index in [9.17, 15) is 9.59 Å². The van der Waals surface area contributed by atoms with Crippen LogP contribution in [0, 0.1) is 5.92 Å². The van der Waals surface area contributed by atoms with E-state index in [0.717, 1.165) is 38.7 Å². The van der Waals surface area contributed by atoms with Crippen molar-refractivity contribution in [3.63, 3.8) is 0 Å². The van der Waals surface area contributed by atoms with Gasteiger partial charge in [-0.25, -0.2) is 9.79 Å². The number of nitrogens with zero attached hydrogens (tertiary/aromatic N) is 4. The summed E-state index contributed by atoms with van der Waals surface area (Å²) in [5.41, 5.74) is 0. The highest BCUT2D eigenvalue weighted by Crippen LogP contribution is 2.25. The summed E-state index contributed by atoms with van der Waals surface area (Å²) >= 11 is 0. The maximum atomic E-state index is 12.4. The fraction of sp³-hybridized carbons (Fsp3) is 0.800.